The van der Waals surface area contributed by atoms with Crippen molar-refractivity contribution in [3.8, 4) is 11.3 Å². The van der Waals surface area contributed by atoms with Crippen LogP contribution in [-0.2, 0) is 19.5 Å². The van der Waals surface area contributed by atoms with Gasteiger partial charge in [-0.3, -0.25) is 0 Å². The number of morpholine rings is 1. The van der Waals surface area contributed by atoms with Gasteiger partial charge in [0.05, 0.1) is 29.9 Å². The fourth-order valence-corrected chi connectivity index (χ4v) is 5.37. The molecule has 9 heteroatoms. The summed E-state index contributed by atoms with van der Waals surface area (Å²) in [6, 6.07) is 6.93. The number of anilines is 1. The summed E-state index contributed by atoms with van der Waals surface area (Å²) in [6.07, 6.45) is 2.47. The molecule has 0 amide bonds. The molecular weight excluding hydrogens is 386 g/mol. The number of aromatic nitrogens is 1. The van der Waals surface area contributed by atoms with Crippen molar-refractivity contribution in [1.82, 2.24) is 9.29 Å². The van der Waals surface area contributed by atoms with Gasteiger partial charge < -0.3 is 14.8 Å². The van der Waals surface area contributed by atoms with E-state index in [4.69, 9.17) is 9.47 Å². The average Bonchev–Trinajstić information content (AvgIpc) is 3.39. The number of nitrogens with zero attached hydrogens (tertiary/aromatic N) is 2. The first-order valence-electron chi connectivity index (χ1n) is 9.12. The molecule has 1 N–H and O–H groups in total. The number of benzene rings is 1. The highest BCUT2D eigenvalue weighted by molar-refractivity contribution is 7.89. The van der Waals surface area contributed by atoms with Crippen LogP contribution in [-0.4, -0.2) is 63.3 Å². The first kappa shape index (κ1) is 18.8. The summed E-state index contributed by atoms with van der Waals surface area (Å²) in [6.45, 7) is 3.29. The van der Waals surface area contributed by atoms with Crippen LogP contribution in [0.25, 0.3) is 11.3 Å². The first-order valence-corrected chi connectivity index (χ1v) is 11.4. The van der Waals surface area contributed by atoms with Crippen LogP contribution >= 0.6 is 11.3 Å². The second-order valence-electron chi connectivity index (χ2n) is 6.59. The standard InChI is InChI=1S/C18H23N3O4S2/c22-27(23,21-7-10-24-11-8-21)16-5-3-14(4-6-16)17-13-26-18(20-17)19-12-15-2-1-9-25-15/h3-6,13,15H,1-2,7-12H2,(H,19,20)/t15-/m0/s1. The highest BCUT2D eigenvalue weighted by Gasteiger charge is 2.26. The zero-order valence-electron chi connectivity index (χ0n) is 15.0. The Kier molecular flexibility index (Phi) is 5.74. The molecule has 0 aliphatic carbocycles. The van der Waals surface area contributed by atoms with Crippen molar-refractivity contribution in [3.05, 3.63) is 29.6 Å². The average molecular weight is 410 g/mol. The van der Waals surface area contributed by atoms with Crippen molar-refractivity contribution < 1.29 is 17.9 Å². The quantitative estimate of drug-likeness (QED) is 0.789. The first-order chi connectivity index (χ1) is 13.1. The summed E-state index contributed by atoms with van der Waals surface area (Å²) < 4.78 is 37.7. The molecule has 2 fully saturated rings. The molecule has 0 radical (unpaired) electrons. The zero-order valence-corrected chi connectivity index (χ0v) is 16.6. The van der Waals surface area contributed by atoms with Crippen molar-refractivity contribution in [2.24, 2.45) is 0 Å². The van der Waals surface area contributed by atoms with Crippen LogP contribution in [0.1, 0.15) is 12.8 Å². The molecule has 2 aliphatic rings. The molecule has 2 aliphatic heterocycles. The van der Waals surface area contributed by atoms with Gasteiger partial charge in [-0.1, -0.05) is 12.1 Å². The molecule has 2 saturated heterocycles. The van der Waals surface area contributed by atoms with Crippen LogP contribution in [0.2, 0.25) is 0 Å². The second-order valence-corrected chi connectivity index (χ2v) is 9.39. The molecule has 1 aromatic carbocycles. The number of ether oxygens (including phenoxy) is 2. The largest absolute Gasteiger partial charge is 0.379 e. The minimum atomic E-state index is -3.46. The van der Waals surface area contributed by atoms with Gasteiger partial charge in [0.25, 0.3) is 0 Å². The van der Waals surface area contributed by atoms with Crippen LogP contribution in [0, 0.1) is 0 Å². The number of sulfonamides is 1. The molecule has 4 rings (SSSR count). The van der Waals surface area contributed by atoms with E-state index in [0.29, 0.717) is 31.2 Å². The van der Waals surface area contributed by atoms with E-state index in [1.807, 2.05) is 17.5 Å². The number of nitrogens with one attached hydrogen (secondary N) is 1. The van der Waals surface area contributed by atoms with Crippen molar-refractivity contribution in [3.63, 3.8) is 0 Å². The zero-order chi connectivity index (χ0) is 18.7. The Morgan fingerprint density at radius 1 is 1.19 bits per heavy atom. The van der Waals surface area contributed by atoms with Crippen LogP contribution in [0.3, 0.4) is 0 Å². The van der Waals surface area contributed by atoms with Crippen LogP contribution in [0.5, 0.6) is 0 Å². The van der Waals surface area contributed by atoms with E-state index in [2.05, 4.69) is 10.3 Å². The van der Waals surface area contributed by atoms with Gasteiger partial charge in [-0.15, -0.1) is 11.3 Å². The minimum Gasteiger partial charge on any atom is -0.379 e. The van der Waals surface area contributed by atoms with Crippen LogP contribution < -0.4 is 5.32 Å². The predicted molar refractivity (Wildman–Crippen MR) is 105 cm³/mol. The van der Waals surface area contributed by atoms with Gasteiger partial charge in [-0.2, -0.15) is 4.31 Å². The van der Waals surface area contributed by atoms with Crippen molar-refractivity contribution in [2.75, 3.05) is 44.8 Å². The fraction of sp³-hybridized carbons (Fsp3) is 0.500. The summed E-state index contributed by atoms with van der Waals surface area (Å²) in [7, 11) is -3.46. The van der Waals surface area contributed by atoms with Gasteiger partial charge in [0.1, 0.15) is 0 Å². The van der Waals surface area contributed by atoms with Crippen molar-refractivity contribution in [1.29, 1.82) is 0 Å². The maximum Gasteiger partial charge on any atom is 0.243 e. The number of thiazole rings is 1. The Morgan fingerprint density at radius 2 is 1.96 bits per heavy atom. The number of hydrogen-bond acceptors (Lipinski definition) is 7. The Morgan fingerprint density at radius 3 is 2.67 bits per heavy atom. The fourth-order valence-electron chi connectivity index (χ4n) is 3.23. The van der Waals surface area contributed by atoms with E-state index in [-0.39, 0.29) is 6.10 Å². The van der Waals surface area contributed by atoms with Crippen molar-refractivity contribution in [2.45, 2.75) is 23.8 Å². The van der Waals surface area contributed by atoms with E-state index in [1.165, 1.54) is 4.31 Å². The lowest BCUT2D eigenvalue weighted by atomic mass is 10.2. The molecule has 1 aromatic heterocycles. The lowest BCUT2D eigenvalue weighted by Crippen LogP contribution is -2.40. The molecule has 146 valence electrons. The van der Waals surface area contributed by atoms with Gasteiger partial charge in [0.15, 0.2) is 5.13 Å². The lowest BCUT2D eigenvalue weighted by Gasteiger charge is -2.26. The third-order valence-corrected chi connectivity index (χ3v) is 7.48. The highest BCUT2D eigenvalue weighted by Crippen LogP contribution is 2.27. The van der Waals surface area contributed by atoms with Gasteiger partial charge in [-0.25, -0.2) is 13.4 Å². The minimum absolute atomic E-state index is 0.266. The van der Waals surface area contributed by atoms with Gasteiger partial charge in [0.2, 0.25) is 10.0 Å². The maximum absolute atomic E-state index is 12.7. The van der Waals surface area contributed by atoms with E-state index in [0.717, 1.165) is 42.4 Å². The third-order valence-electron chi connectivity index (χ3n) is 4.77. The molecular formula is C18H23N3O4S2. The van der Waals surface area contributed by atoms with Crippen LogP contribution in [0.4, 0.5) is 5.13 Å². The summed E-state index contributed by atoms with van der Waals surface area (Å²) >= 11 is 1.54. The van der Waals surface area contributed by atoms with Gasteiger partial charge in [0, 0.05) is 37.2 Å². The van der Waals surface area contributed by atoms with E-state index >= 15 is 0 Å². The summed E-state index contributed by atoms with van der Waals surface area (Å²) in [5, 5.41) is 6.15. The summed E-state index contributed by atoms with van der Waals surface area (Å²) in [4.78, 5) is 4.90. The van der Waals surface area contributed by atoms with Crippen molar-refractivity contribution >= 4 is 26.5 Å². The monoisotopic (exact) mass is 409 g/mol. The van der Waals surface area contributed by atoms with Gasteiger partial charge >= 0.3 is 0 Å². The maximum atomic E-state index is 12.7. The van der Waals surface area contributed by atoms with E-state index in [1.54, 1.807) is 23.5 Å². The van der Waals surface area contributed by atoms with E-state index in [9.17, 15) is 8.42 Å². The second kappa shape index (κ2) is 8.24. The summed E-state index contributed by atoms with van der Waals surface area (Å²) in [5.41, 5.74) is 1.74. The molecule has 0 spiro atoms. The SMILES string of the molecule is O=S(=O)(c1ccc(-c2csc(NC[C@@H]3CCCO3)n2)cc1)N1CCOCC1. The molecule has 27 heavy (non-hydrogen) atoms. The molecule has 7 nitrogen and oxygen atoms in total. The van der Waals surface area contributed by atoms with Crippen LogP contribution in [0.15, 0.2) is 34.5 Å². The summed E-state index contributed by atoms with van der Waals surface area (Å²) in [5.74, 6) is 0. The Hall–Kier alpha value is -1.52. The lowest BCUT2D eigenvalue weighted by molar-refractivity contribution is 0.0730. The normalized spacial score (nSPS) is 21.4. The third kappa shape index (κ3) is 4.33. The number of rotatable bonds is 6. The number of hydrogen-bond donors (Lipinski definition) is 1. The molecule has 3 heterocycles. The molecule has 2 aromatic rings. The smallest absolute Gasteiger partial charge is 0.243 e. The van der Waals surface area contributed by atoms with Gasteiger partial charge in [-0.05, 0) is 25.0 Å². The highest BCUT2D eigenvalue weighted by atomic mass is 32.2. The van der Waals surface area contributed by atoms with E-state index < -0.39 is 10.0 Å². The Balaban J connectivity index is 1.42. The predicted octanol–water partition coefficient (Wildman–Crippen LogP) is 2.42. The molecule has 0 bridgehead atoms. The Labute approximate surface area is 163 Å². The molecule has 0 saturated carbocycles. The molecule has 0 unspecified atom stereocenters. The topological polar surface area (TPSA) is 80.8 Å². The molecule has 1 atom stereocenters. The Bertz CT molecular complexity index is 855.